The minimum Gasteiger partial charge on any atom is -0.380 e. The van der Waals surface area contributed by atoms with Gasteiger partial charge in [-0.3, -0.25) is 10.00 Å². The third-order valence-electron chi connectivity index (χ3n) is 4.43. The predicted octanol–water partition coefficient (Wildman–Crippen LogP) is 2.25. The van der Waals surface area contributed by atoms with Crippen LogP contribution in [0, 0.1) is 0 Å². The van der Waals surface area contributed by atoms with E-state index in [2.05, 4.69) is 43.3 Å². The molecule has 22 heavy (non-hydrogen) atoms. The van der Waals surface area contributed by atoms with Gasteiger partial charge in [0.15, 0.2) is 0 Å². The second-order valence-electron chi connectivity index (χ2n) is 5.80. The summed E-state index contributed by atoms with van der Waals surface area (Å²) in [6.45, 7) is 1.79. The number of hydrogen-bond acceptors (Lipinski definition) is 4. The van der Waals surface area contributed by atoms with Crippen molar-refractivity contribution in [1.29, 1.82) is 0 Å². The average Bonchev–Trinajstić information content (AvgIpc) is 3.27. The van der Waals surface area contributed by atoms with Gasteiger partial charge in [-0.15, -0.1) is 0 Å². The van der Waals surface area contributed by atoms with Crippen molar-refractivity contribution in [2.75, 3.05) is 13.7 Å². The van der Waals surface area contributed by atoms with E-state index in [9.17, 15) is 0 Å². The largest absolute Gasteiger partial charge is 0.380 e. The summed E-state index contributed by atoms with van der Waals surface area (Å²) >= 11 is 0. The molecule has 0 radical (unpaired) electrons. The number of aromatic amines is 2. The maximum Gasteiger partial charge on any atom is 0.123 e. The monoisotopic (exact) mass is 297 g/mol. The number of benzene rings is 1. The summed E-state index contributed by atoms with van der Waals surface area (Å²) in [5.41, 5.74) is 2.35. The average molecular weight is 297 g/mol. The van der Waals surface area contributed by atoms with E-state index < -0.39 is 0 Å². The Labute approximate surface area is 128 Å². The molecule has 0 aliphatic carbocycles. The van der Waals surface area contributed by atoms with Crippen LogP contribution in [0.25, 0.3) is 10.9 Å². The van der Waals surface area contributed by atoms with E-state index in [1.54, 1.807) is 7.11 Å². The van der Waals surface area contributed by atoms with Crippen LogP contribution in [0.1, 0.15) is 23.9 Å². The topological polar surface area (TPSA) is 69.8 Å². The van der Waals surface area contributed by atoms with Crippen molar-refractivity contribution in [3.63, 3.8) is 0 Å². The number of nitrogens with zero attached hydrogens (tertiary/aromatic N) is 3. The number of hydrogen-bond donors (Lipinski definition) is 2. The fourth-order valence-electron chi connectivity index (χ4n) is 3.27. The highest BCUT2D eigenvalue weighted by atomic mass is 16.5. The number of rotatable bonds is 4. The number of fused-ring (bicyclic) bond motifs is 1. The molecule has 3 aromatic rings. The maximum absolute atomic E-state index is 5.57. The van der Waals surface area contributed by atoms with Crippen LogP contribution < -0.4 is 0 Å². The molecule has 1 unspecified atom stereocenters. The lowest BCUT2D eigenvalue weighted by atomic mass is 10.1. The van der Waals surface area contributed by atoms with Gasteiger partial charge >= 0.3 is 0 Å². The Morgan fingerprint density at radius 3 is 3.18 bits per heavy atom. The van der Waals surface area contributed by atoms with Gasteiger partial charge in [-0.1, -0.05) is 12.1 Å². The van der Waals surface area contributed by atoms with E-state index in [0.29, 0.717) is 0 Å². The normalized spacial score (nSPS) is 22.6. The van der Waals surface area contributed by atoms with Gasteiger partial charge in [0, 0.05) is 38.0 Å². The zero-order chi connectivity index (χ0) is 14.9. The molecule has 0 amide bonds. The Morgan fingerprint density at radius 2 is 2.36 bits per heavy atom. The molecule has 6 nitrogen and oxygen atoms in total. The van der Waals surface area contributed by atoms with Crippen LogP contribution in [0.15, 0.2) is 36.8 Å². The summed E-state index contributed by atoms with van der Waals surface area (Å²) in [5.74, 6) is 1.02. The molecule has 1 aliphatic heterocycles. The van der Waals surface area contributed by atoms with Crippen LogP contribution in [0.3, 0.4) is 0 Å². The van der Waals surface area contributed by atoms with E-state index in [0.717, 1.165) is 36.2 Å². The van der Waals surface area contributed by atoms with Gasteiger partial charge in [0.1, 0.15) is 5.82 Å². The summed E-state index contributed by atoms with van der Waals surface area (Å²) in [6.07, 6.45) is 6.76. The van der Waals surface area contributed by atoms with Gasteiger partial charge in [-0.25, -0.2) is 4.98 Å². The number of likely N-dealkylation sites (tertiary alicyclic amines) is 1. The second-order valence-corrected chi connectivity index (χ2v) is 5.80. The summed E-state index contributed by atoms with van der Waals surface area (Å²) in [7, 11) is 1.78. The molecule has 2 N–H and O–H groups in total. The lowest BCUT2D eigenvalue weighted by Gasteiger charge is -2.22. The summed E-state index contributed by atoms with van der Waals surface area (Å²) in [6, 6.07) is 6.72. The molecule has 4 rings (SSSR count). The maximum atomic E-state index is 5.57. The number of aromatic nitrogens is 4. The van der Waals surface area contributed by atoms with Crippen LogP contribution >= 0.6 is 0 Å². The highest BCUT2D eigenvalue weighted by molar-refractivity contribution is 5.78. The van der Waals surface area contributed by atoms with Crippen molar-refractivity contribution in [2.24, 2.45) is 0 Å². The Balaban J connectivity index is 1.59. The number of imidazole rings is 1. The first kappa shape index (κ1) is 13.5. The molecule has 3 heterocycles. The highest BCUT2D eigenvalue weighted by Crippen LogP contribution is 2.33. The molecule has 0 saturated carbocycles. The molecule has 1 fully saturated rings. The van der Waals surface area contributed by atoms with Crippen LogP contribution in [0.2, 0.25) is 0 Å². The van der Waals surface area contributed by atoms with Gasteiger partial charge in [0.05, 0.1) is 23.9 Å². The molecule has 114 valence electrons. The van der Waals surface area contributed by atoms with Crippen LogP contribution in [-0.2, 0) is 11.3 Å². The molecule has 1 aromatic carbocycles. The number of methoxy groups -OCH3 is 1. The molecule has 6 heteroatoms. The number of ether oxygens (including phenoxy) is 1. The predicted molar refractivity (Wildman–Crippen MR) is 83.2 cm³/mol. The fraction of sp³-hybridized carbons (Fsp3) is 0.375. The van der Waals surface area contributed by atoms with Crippen molar-refractivity contribution in [3.05, 3.63) is 48.2 Å². The lowest BCUT2D eigenvalue weighted by Crippen LogP contribution is -2.25. The van der Waals surface area contributed by atoms with E-state index in [4.69, 9.17) is 4.74 Å². The zero-order valence-corrected chi connectivity index (χ0v) is 12.5. The Morgan fingerprint density at radius 1 is 1.41 bits per heavy atom. The van der Waals surface area contributed by atoms with Crippen molar-refractivity contribution in [3.8, 4) is 0 Å². The van der Waals surface area contributed by atoms with E-state index in [-0.39, 0.29) is 12.1 Å². The molecule has 1 saturated heterocycles. The second kappa shape index (κ2) is 5.55. The first-order chi connectivity index (χ1) is 10.8. The third kappa shape index (κ3) is 2.40. The smallest absolute Gasteiger partial charge is 0.123 e. The lowest BCUT2D eigenvalue weighted by molar-refractivity contribution is 0.107. The summed E-state index contributed by atoms with van der Waals surface area (Å²) < 4.78 is 5.57. The van der Waals surface area contributed by atoms with Crippen LogP contribution in [-0.4, -0.2) is 44.8 Å². The standard InChI is InChI=1S/C16H19N5O/c1-22-13-7-15(16-17-4-5-18-16)21(10-13)9-11-2-3-12-8-19-20-14(12)6-11/h2-6,8,13,15H,7,9-10H2,1H3,(H,17,18)(H,19,20)/t13-,15?/m1/s1. The van der Waals surface area contributed by atoms with Gasteiger partial charge in [-0.2, -0.15) is 5.10 Å². The van der Waals surface area contributed by atoms with Crippen LogP contribution in [0.5, 0.6) is 0 Å². The highest BCUT2D eigenvalue weighted by Gasteiger charge is 2.34. The molecule has 2 aromatic heterocycles. The fourth-order valence-corrected chi connectivity index (χ4v) is 3.27. The molecule has 2 atom stereocenters. The Bertz CT molecular complexity index is 751. The molecular weight excluding hydrogens is 278 g/mol. The van der Waals surface area contributed by atoms with Gasteiger partial charge in [-0.05, 0) is 18.1 Å². The van der Waals surface area contributed by atoms with Crippen molar-refractivity contribution in [1.82, 2.24) is 25.1 Å². The first-order valence-corrected chi connectivity index (χ1v) is 7.51. The molecule has 0 spiro atoms. The van der Waals surface area contributed by atoms with Gasteiger partial charge in [0.25, 0.3) is 0 Å². The van der Waals surface area contributed by atoms with E-state index in [1.807, 2.05) is 18.6 Å². The minimum atomic E-state index is 0.256. The van der Waals surface area contributed by atoms with Crippen molar-refractivity contribution in [2.45, 2.75) is 25.1 Å². The van der Waals surface area contributed by atoms with E-state index in [1.165, 1.54) is 5.56 Å². The van der Waals surface area contributed by atoms with Crippen LogP contribution in [0.4, 0.5) is 0 Å². The minimum absolute atomic E-state index is 0.256. The Kier molecular flexibility index (Phi) is 3.40. The molecule has 0 bridgehead atoms. The quantitative estimate of drug-likeness (QED) is 0.775. The van der Waals surface area contributed by atoms with Gasteiger partial charge in [0.2, 0.25) is 0 Å². The summed E-state index contributed by atoms with van der Waals surface area (Å²) in [4.78, 5) is 10.1. The first-order valence-electron chi connectivity index (χ1n) is 7.51. The number of nitrogens with one attached hydrogen (secondary N) is 2. The van der Waals surface area contributed by atoms with Gasteiger partial charge < -0.3 is 9.72 Å². The van der Waals surface area contributed by atoms with Crippen molar-refractivity contribution >= 4 is 10.9 Å². The SMILES string of the molecule is CO[C@@H]1CC(c2ncc[nH]2)N(Cc2ccc3cn[nH]c3c2)C1. The van der Waals surface area contributed by atoms with Crippen molar-refractivity contribution < 1.29 is 4.74 Å². The summed E-state index contributed by atoms with van der Waals surface area (Å²) in [5, 5.41) is 8.25. The molecular formula is C16H19N5O. The molecule has 1 aliphatic rings. The zero-order valence-electron chi connectivity index (χ0n) is 12.5. The Hall–Kier alpha value is -2.18. The van der Waals surface area contributed by atoms with E-state index >= 15 is 0 Å². The third-order valence-corrected chi connectivity index (χ3v) is 4.43. The number of H-pyrrole nitrogens is 2.